The topological polar surface area (TPSA) is 43.4 Å². The van der Waals surface area contributed by atoms with Crippen LogP contribution in [0, 0.1) is 0 Å². The molecule has 0 radical (unpaired) electrons. The van der Waals surface area contributed by atoms with Crippen LogP contribution in [-0.2, 0) is 14.3 Å². The summed E-state index contributed by atoms with van der Waals surface area (Å²) in [5, 5.41) is 0. The molecule has 0 aliphatic rings. The van der Waals surface area contributed by atoms with Crippen molar-refractivity contribution >= 4 is 34.3 Å². The van der Waals surface area contributed by atoms with E-state index in [4.69, 9.17) is 4.74 Å². The summed E-state index contributed by atoms with van der Waals surface area (Å²) >= 11 is 2.15. The fraction of sp³-hybridized carbons (Fsp3) is 0.625. The minimum absolute atomic E-state index is 0.0431. The second-order valence-electron chi connectivity index (χ2n) is 4.84. The van der Waals surface area contributed by atoms with Crippen LogP contribution in [0.5, 0.6) is 0 Å². The van der Waals surface area contributed by atoms with E-state index in [-0.39, 0.29) is 17.9 Å². The van der Waals surface area contributed by atoms with Crippen molar-refractivity contribution < 1.29 is 14.3 Å². The minimum atomic E-state index is -0.110. The van der Waals surface area contributed by atoms with Gasteiger partial charge in [0.2, 0.25) is 0 Å². The Kier molecular flexibility index (Phi) is 12.9. The predicted molar refractivity (Wildman–Crippen MR) is 90.9 cm³/mol. The molecule has 3 nitrogen and oxygen atoms in total. The van der Waals surface area contributed by atoms with E-state index in [1.807, 2.05) is 17.1 Å². The number of halogens is 1. The minimum Gasteiger partial charge on any atom is -0.462 e. The van der Waals surface area contributed by atoms with Crippen LogP contribution in [0.1, 0.15) is 58.3 Å². The molecule has 114 valence electrons. The van der Waals surface area contributed by atoms with E-state index in [2.05, 4.69) is 29.2 Å². The molecule has 0 aliphatic carbocycles. The van der Waals surface area contributed by atoms with E-state index in [1.54, 1.807) is 0 Å². The van der Waals surface area contributed by atoms with Gasteiger partial charge in [0, 0.05) is 19.3 Å². The number of unbranched alkanes of at least 4 members (excludes halogenated alkanes) is 4. The van der Waals surface area contributed by atoms with Gasteiger partial charge in [0.25, 0.3) is 0 Å². The van der Waals surface area contributed by atoms with Crippen molar-refractivity contribution in [3.05, 3.63) is 22.8 Å². The average Bonchev–Trinajstić information content (AvgIpc) is 2.43. The summed E-state index contributed by atoms with van der Waals surface area (Å²) in [6.07, 6.45) is 10.1. The average molecular weight is 392 g/mol. The molecule has 0 aromatic rings. The number of esters is 1. The van der Waals surface area contributed by atoms with E-state index < -0.39 is 0 Å². The molecule has 0 spiro atoms. The van der Waals surface area contributed by atoms with Gasteiger partial charge >= 0.3 is 5.97 Å². The second kappa shape index (κ2) is 13.3. The molecule has 0 saturated carbocycles. The zero-order valence-electron chi connectivity index (χ0n) is 12.3. The Morgan fingerprint density at radius 3 is 2.35 bits per heavy atom. The van der Waals surface area contributed by atoms with Crippen molar-refractivity contribution in [3.63, 3.8) is 0 Å². The Morgan fingerprint density at radius 1 is 1.15 bits per heavy atom. The Labute approximate surface area is 136 Å². The van der Waals surface area contributed by atoms with Gasteiger partial charge in [0.15, 0.2) is 5.78 Å². The predicted octanol–water partition coefficient (Wildman–Crippen LogP) is 4.74. The van der Waals surface area contributed by atoms with Crippen molar-refractivity contribution in [2.45, 2.75) is 64.4 Å². The molecular formula is C16H25IO3. The van der Waals surface area contributed by atoms with Crippen LogP contribution in [0.25, 0.3) is 0 Å². The SMILES string of the molecule is C=CC(=O)CCCCCCCC(=O)OC(C)C/C=C/I. The van der Waals surface area contributed by atoms with Gasteiger partial charge in [0.05, 0.1) is 0 Å². The number of carbonyl (C=O) groups excluding carboxylic acids is 2. The van der Waals surface area contributed by atoms with Gasteiger partial charge in [-0.05, 0) is 29.9 Å². The van der Waals surface area contributed by atoms with Crippen LogP contribution in [0.2, 0.25) is 0 Å². The fourth-order valence-electron chi connectivity index (χ4n) is 1.78. The molecule has 1 atom stereocenters. The maximum absolute atomic E-state index is 11.5. The third-order valence-electron chi connectivity index (χ3n) is 2.92. The number of ketones is 1. The lowest BCUT2D eigenvalue weighted by Crippen LogP contribution is -2.13. The van der Waals surface area contributed by atoms with Crippen LogP contribution in [-0.4, -0.2) is 17.9 Å². The number of ether oxygens (including phenoxy) is 1. The van der Waals surface area contributed by atoms with E-state index in [0.29, 0.717) is 12.8 Å². The lowest BCUT2D eigenvalue weighted by Gasteiger charge is -2.10. The molecule has 4 heteroatoms. The molecular weight excluding hydrogens is 367 g/mol. The summed E-state index contributed by atoms with van der Waals surface area (Å²) in [4.78, 5) is 22.5. The maximum Gasteiger partial charge on any atom is 0.306 e. The summed E-state index contributed by atoms with van der Waals surface area (Å²) < 4.78 is 7.21. The van der Waals surface area contributed by atoms with Gasteiger partial charge in [-0.25, -0.2) is 0 Å². The number of rotatable bonds is 12. The first-order chi connectivity index (χ1) is 9.60. The largest absolute Gasteiger partial charge is 0.462 e. The smallest absolute Gasteiger partial charge is 0.306 e. The highest BCUT2D eigenvalue weighted by molar-refractivity contribution is 14.1. The third kappa shape index (κ3) is 12.4. The normalized spacial score (nSPS) is 12.3. The van der Waals surface area contributed by atoms with Gasteiger partial charge in [-0.15, -0.1) is 0 Å². The summed E-state index contributed by atoms with van der Waals surface area (Å²) in [5.41, 5.74) is 0. The number of hydrogen-bond donors (Lipinski definition) is 0. The Bertz CT molecular complexity index is 324. The number of hydrogen-bond acceptors (Lipinski definition) is 3. The standard InChI is InChI=1S/C16H25IO3/c1-3-15(18)11-7-5-4-6-8-12-16(19)20-14(2)10-9-13-17/h3,9,13-14H,1,4-8,10-12H2,2H3/b13-9+. The van der Waals surface area contributed by atoms with Crippen molar-refractivity contribution in [2.24, 2.45) is 0 Å². The number of allylic oxidation sites excluding steroid dienone is 1. The molecule has 20 heavy (non-hydrogen) atoms. The first kappa shape index (κ1) is 19.4. The van der Waals surface area contributed by atoms with Gasteiger partial charge in [-0.2, -0.15) is 0 Å². The van der Waals surface area contributed by atoms with E-state index in [0.717, 1.165) is 38.5 Å². The fourth-order valence-corrected chi connectivity index (χ4v) is 2.07. The highest BCUT2D eigenvalue weighted by Crippen LogP contribution is 2.09. The zero-order chi connectivity index (χ0) is 15.2. The Balaban J connectivity index is 3.43. The van der Waals surface area contributed by atoms with Crippen molar-refractivity contribution in [3.8, 4) is 0 Å². The molecule has 0 N–H and O–H groups in total. The van der Waals surface area contributed by atoms with Crippen molar-refractivity contribution in [2.75, 3.05) is 0 Å². The van der Waals surface area contributed by atoms with Gasteiger partial charge in [-0.1, -0.05) is 54.5 Å². The molecule has 0 saturated heterocycles. The monoisotopic (exact) mass is 392 g/mol. The molecule has 0 heterocycles. The van der Waals surface area contributed by atoms with Gasteiger partial charge in [0.1, 0.15) is 6.10 Å². The van der Waals surface area contributed by atoms with Gasteiger partial charge in [-0.3, -0.25) is 9.59 Å². The summed E-state index contributed by atoms with van der Waals surface area (Å²) in [7, 11) is 0. The quantitative estimate of drug-likeness (QED) is 0.209. The Hall–Kier alpha value is -0.650. The molecule has 0 aromatic heterocycles. The maximum atomic E-state index is 11.5. The lowest BCUT2D eigenvalue weighted by molar-refractivity contribution is -0.148. The van der Waals surface area contributed by atoms with Crippen LogP contribution in [0.4, 0.5) is 0 Å². The highest BCUT2D eigenvalue weighted by Gasteiger charge is 2.07. The van der Waals surface area contributed by atoms with Crippen LogP contribution in [0.3, 0.4) is 0 Å². The second-order valence-corrected chi connectivity index (χ2v) is 5.56. The highest BCUT2D eigenvalue weighted by atomic mass is 127. The molecule has 0 amide bonds. The molecule has 0 aliphatic heterocycles. The molecule has 1 unspecified atom stereocenters. The summed E-state index contributed by atoms with van der Waals surface area (Å²) in [5.74, 6) is 0.00399. The zero-order valence-corrected chi connectivity index (χ0v) is 14.4. The van der Waals surface area contributed by atoms with E-state index >= 15 is 0 Å². The van der Waals surface area contributed by atoms with E-state index in [9.17, 15) is 9.59 Å². The number of carbonyl (C=O) groups is 2. The molecule has 0 fully saturated rings. The van der Waals surface area contributed by atoms with Crippen molar-refractivity contribution in [1.29, 1.82) is 0 Å². The lowest BCUT2D eigenvalue weighted by atomic mass is 10.1. The van der Waals surface area contributed by atoms with Crippen LogP contribution >= 0.6 is 22.6 Å². The van der Waals surface area contributed by atoms with Crippen molar-refractivity contribution in [1.82, 2.24) is 0 Å². The summed E-state index contributed by atoms with van der Waals surface area (Å²) in [6, 6.07) is 0. The molecule has 0 aromatic carbocycles. The summed E-state index contributed by atoms with van der Waals surface area (Å²) in [6.45, 7) is 5.35. The van der Waals surface area contributed by atoms with Crippen LogP contribution < -0.4 is 0 Å². The molecule has 0 bridgehead atoms. The Morgan fingerprint density at radius 2 is 1.75 bits per heavy atom. The van der Waals surface area contributed by atoms with Crippen LogP contribution in [0.15, 0.2) is 22.8 Å². The third-order valence-corrected chi connectivity index (χ3v) is 3.43. The van der Waals surface area contributed by atoms with Gasteiger partial charge < -0.3 is 4.74 Å². The first-order valence-corrected chi connectivity index (χ1v) is 8.44. The van der Waals surface area contributed by atoms with E-state index in [1.165, 1.54) is 6.08 Å². The molecule has 0 rings (SSSR count). The first-order valence-electron chi connectivity index (χ1n) is 7.20.